The van der Waals surface area contributed by atoms with Crippen LogP contribution in [0.3, 0.4) is 0 Å². The molecule has 0 aliphatic carbocycles. The lowest BCUT2D eigenvalue weighted by Gasteiger charge is -2.42. The Morgan fingerprint density at radius 3 is 2.62 bits per heavy atom. The number of allylic oxidation sites excluding steroid dienone is 1. The summed E-state index contributed by atoms with van der Waals surface area (Å²) in [4.78, 5) is 46.1. The third-order valence-electron chi connectivity index (χ3n) is 7.34. The minimum atomic E-state index is -2.46. The summed E-state index contributed by atoms with van der Waals surface area (Å²) in [6.45, 7) is -0.462. The van der Waals surface area contributed by atoms with Crippen LogP contribution in [0, 0.1) is 0 Å². The van der Waals surface area contributed by atoms with Gasteiger partial charge in [-0.25, -0.2) is 9.59 Å². The maximum Gasteiger partial charge on any atom is 0.346 e. The van der Waals surface area contributed by atoms with Gasteiger partial charge in [-0.3, -0.25) is 19.7 Å². The Bertz CT molecular complexity index is 1780. The van der Waals surface area contributed by atoms with Crippen LogP contribution in [0.25, 0.3) is 22.1 Å². The molecule has 3 aliphatic rings. The van der Waals surface area contributed by atoms with Gasteiger partial charge in [0.15, 0.2) is 11.5 Å². The van der Waals surface area contributed by atoms with E-state index < -0.39 is 55.4 Å². The van der Waals surface area contributed by atoms with Crippen molar-refractivity contribution >= 4 is 29.1 Å². The van der Waals surface area contributed by atoms with Gasteiger partial charge in [0, 0.05) is 17.9 Å². The number of aliphatic hydroxyl groups is 3. The predicted molar refractivity (Wildman–Crippen MR) is 152 cm³/mol. The number of aliphatic hydroxyl groups excluding tert-OH is 3. The molecule has 3 aromatic rings. The number of hydrogen-bond acceptors (Lipinski definition) is 14. The Morgan fingerprint density at radius 2 is 1.89 bits per heavy atom. The molecule has 5 N–H and O–H groups in total. The van der Waals surface area contributed by atoms with E-state index in [0.29, 0.717) is 11.3 Å². The number of phenolic OH excluding ortho intramolecular Hbond substituents is 1. The van der Waals surface area contributed by atoms with Crippen LogP contribution in [-0.4, -0.2) is 98.7 Å². The molecule has 4 heterocycles. The number of carboxylic acid groups (broad SMARTS) is 1. The van der Waals surface area contributed by atoms with Crippen LogP contribution >= 0.6 is 0 Å². The van der Waals surface area contributed by atoms with Gasteiger partial charge in [0.05, 0.1) is 29.4 Å². The van der Waals surface area contributed by atoms with Crippen LogP contribution < -0.4 is 10.2 Å². The van der Waals surface area contributed by atoms with Crippen LogP contribution in [0.2, 0.25) is 0 Å². The van der Waals surface area contributed by atoms with Crippen molar-refractivity contribution in [2.24, 2.45) is 4.99 Å². The van der Waals surface area contributed by atoms with Crippen molar-refractivity contribution in [3.63, 3.8) is 0 Å². The molecule has 0 amide bonds. The number of ether oxygens (including phenoxy) is 3. The molecule has 0 saturated carbocycles. The summed E-state index contributed by atoms with van der Waals surface area (Å²) in [5.41, 5.74) is 2.14. The number of hydrogen-bond donors (Lipinski definition) is 5. The lowest BCUT2D eigenvalue weighted by molar-refractivity contribution is -0.326. The highest BCUT2D eigenvalue weighted by atomic mass is 16.8. The van der Waals surface area contributed by atoms with Gasteiger partial charge < -0.3 is 44.2 Å². The third-order valence-corrected chi connectivity index (χ3v) is 7.34. The second-order valence-electron chi connectivity index (χ2n) is 10.3. The number of carbonyl (C=O) groups is 2. The third kappa shape index (κ3) is 6.02. The number of phenols is 1. The highest BCUT2D eigenvalue weighted by Crippen LogP contribution is 2.32. The van der Waals surface area contributed by atoms with Gasteiger partial charge in [0.25, 0.3) is 0 Å². The van der Waals surface area contributed by atoms with Crippen LogP contribution in [-0.2, 0) is 23.9 Å². The van der Waals surface area contributed by atoms with Gasteiger partial charge >= 0.3 is 11.9 Å². The molecule has 1 aromatic heterocycles. The zero-order valence-corrected chi connectivity index (χ0v) is 23.1. The fourth-order valence-electron chi connectivity index (χ4n) is 4.95. The smallest absolute Gasteiger partial charge is 0.346 e. The molecular weight excluding hydrogens is 596 g/mol. The maximum absolute atomic E-state index is 13.2. The second kappa shape index (κ2) is 12.1. The first-order chi connectivity index (χ1) is 21.6. The van der Waals surface area contributed by atoms with Crippen LogP contribution in [0.1, 0.15) is 0 Å². The van der Waals surface area contributed by atoms with Gasteiger partial charge in [0.1, 0.15) is 48.3 Å². The SMILES string of the molecule is O=C(O)[C@H](O)C(=O)OC[C@@H]1O[C@H](Oc2ccc3c(=O)c(-c4ccc(O)cc4)coc3c2)[C@@H](ON2C=C3N=CC=C3C2)[C@H](O)[C@H]1O. The summed E-state index contributed by atoms with van der Waals surface area (Å²) in [5.74, 6) is -3.17. The number of fused-ring (bicyclic) bond motifs is 2. The zero-order chi connectivity index (χ0) is 31.8. The fraction of sp³-hybridized carbons (Fsp3) is 0.267. The summed E-state index contributed by atoms with van der Waals surface area (Å²) in [6.07, 6.45) is -3.76. The van der Waals surface area contributed by atoms with E-state index in [1.165, 1.54) is 41.7 Å². The van der Waals surface area contributed by atoms with E-state index in [1.54, 1.807) is 30.6 Å². The van der Waals surface area contributed by atoms with E-state index in [-0.39, 0.29) is 40.0 Å². The largest absolute Gasteiger partial charge is 0.508 e. The average Bonchev–Trinajstić information content (AvgIpc) is 3.62. The number of aliphatic carboxylic acids is 1. The van der Waals surface area contributed by atoms with E-state index in [2.05, 4.69) is 4.99 Å². The Balaban J connectivity index is 1.25. The molecule has 2 aromatic carbocycles. The standard InChI is InChI=1S/C30H26N2O13/c33-16-3-1-14(2-4-16)19-12-41-21-9-17(5-6-18(21)23(19)34)43-30-27(45-32-10-15-7-8-31-20(15)11-32)25(36)24(35)22(44-30)13-42-29(40)26(37)28(38)39/h1-9,11-12,22,24-27,30,33,35-37H,10,13H2,(H,38,39)/t22-,24-,25+,26-,27-,30-/m0/s1. The molecule has 1 fully saturated rings. The van der Waals surface area contributed by atoms with Crippen molar-refractivity contribution in [3.8, 4) is 22.6 Å². The maximum atomic E-state index is 13.2. The van der Waals surface area contributed by atoms with Gasteiger partial charge in [-0.05, 0) is 35.9 Å². The quantitative estimate of drug-likeness (QED) is 0.162. The monoisotopic (exact) mass is 622 g/mol. The molecule has 6 rings (SSSR count). The molecule has 1 saturated heterocycles. The summed E-state index contributed by atoms with van der Waals surface area (Å²) in [7, 11) is 0. The van der Waals surface area contributed by atoms with Crippen molar-refractivity contribution < 1.29 is 58.6 Å². The average molecular weight is 623 g/mol. The Hall–Kier alpha value is -5.06. The number of rotatable bonds is 9. The number of benzene rings is 2. The molecular formula is C30H26N2O13. The minimum absolute atomic E-state index is 0.0450. The lowest BCUT2D eigenvalue weighted by Crippen LogP contribution is -2.62. The number of aromatic hydroxyl groups is 1. The molecule has 0 radical (unpaired) electrons. The van der Waals surface area contributed by atoms with Gasteiger partial charge in [-0.2, -0.15) is 0 Å². The number of aliphatic imine (C=N–C) groups is 1. The van der Waals surface area contributed by atoms with Crippen molar-refractivity contribution in [1.82, 2.24) is 5.06 Å². The molecule has 45 heavy (non-hydrogen) atoms. The number of hydroxylamine groups is 2. The van der Waals surface area contributed by atoms with Crippen molar-refractivity contribution in [3.05, 3.63) is 82.5 Å². The summed E-state index contributed by atoms with van der Waals surface area (Å²) < 4.78 is 22.4. The van der Waals surface area contributed by atoms with E-state index in [1.807, 2.05) is 0 Å². The van der Waals surface area contributed by atoms with Crippen LogP contribution in [0.4, 0.5) is 0 Å². The van der Waals surface area contributed by atoms with E-state index in [0.717, 1.165) is 5.57 Å². The molecule has 3 aliphatic heterocycles. The van der Waals surface area contributed by atoms with Gasteiger partial charge in [-0.15, -0.1) is 0 Å². The van der Waals surface area contributed by atoms with E-state index in [4.69, 9.17) is 28.6 Å². The molecule has 234 valence electrons. The number of carboxylic acids is 1. The summed E-state index contributed by atoms with van der Waals surface area (Å²) >= 11 is 0. The number of carbonyl (C=O) groups excluding carboxylic acids is 1. The van der Waals surface area contributed by atoms with E-state index >= 15 is 0 Å². The first kappa shape index (κ1) is 30.0. The molecule has 6 atom stereocenters. The highest BCUT2D eigenvalue weighted by Gasteiger charge is 2.49. The summed E-state index contributed by atoms with van der Waals surface area (Å²) in [6, 6.07) is 10.4. The minimum Gasteiger partial charge on any atom is -0.508 e. The molecule has 15 heteroatoms. The highest BCUT2D eigenvalue weighted by molar-refractivity contribution is 5.96. The van der Waals surface area contributed by atoms with Gasteiger partial charge in [-0.1, -0.05) is 12.1 Å². The van der Waals surface area contributed by atoms with Crippen LogP contribution in [0.5, 0.6) is 11.5 Å². The number of nitrogens with zero attached hydrogens (tertiary/aromatic N) is 2. The van der Waals surface area contributed by atoms with Crippen molar-refractivity contribution in [1.29, 1.82) is 0 Å². The Kier molecular flexibility index (Phi) is 8.09. The Morgan fingerprint density at radius 1 is 1.11 bits per heavy atom. The van der Waals surface area contributed by atoms with Crippen molar-refractivity contribution in [2.45, 2.75) is 36.8 Å². The summed E-state index contributed by atoms with van der Waals surface area (Å²) in [5, 5.41) is 51.3. The molecule has 15 nitrogen and oxygen atoms in total. The molecule has 0 bridgehead atoms. The molecule has 0 unspecified atom stereocenters. The first-order valence-electron chi connectivity index (χ1n) is 13.6. The van der Waals surface area contributed by atoms with Crippen molar-refractivity contribution in [2.75, 3.05) is 13.2 Å². The second-order valence-corrected chi connectivity index (χ2v) is 10.3. The first-order valence-corrected chi connectivity index (χ1v) is 13.6. The Labute approximate surface area is 253 Å². The van der Waals surface area contributed by atoms with E-state index in [9.17, 15) is 34.8 Å². The number of esters is 1. The predicted octanol–water partition coefficient (Wildman–Crippen LogP) is 0.448. The van der Waals surface area contributed by atoms with Crippen LogP contribution in [0.15, 0.2) is 86.5 Å². The normalized spacial score (nSPS) is 24.6. The lowest BCUT2D eigenvalue weighted by atomic mass is 9.99. The molecule has 0 spiro atoms. The fourth-order valence-corrected chi connectivity index (χ4v) is 4.95. The zero-order valence-electron chi connectivity index (χ0n) is 23.1. The topological polar surface area (TPSA) is 218 Å². The van der Waals surface area contributed by atoms with Gasteiger partial charge in [0.2, 0.25) is 12.4 Å².